The number of hydrogen-bond donors (Lipinski definition) is 1. The van der Waals surface area contributed by atoms with Crippen molar-refractivity contribution in [3.63, 3.8) is 0 Å². The highest BCUT2D eigenvalue weighted by Gasteiger charge is 2.28. The van der Waals surface area contributed by atoms with Crippen LogP contribution < -0.4 is 9.47 Å². The largest absolute Gasteiger partial charge is 0.478 e. The molecule has 44 heavy (non-hydrogen) atoms. The number of aromatic nitrogens is 2. The fourth-order valence-corrected chi connectivity index (χ4v) is 5.80. The molecule has 0 fully saturated rings. The zero-order valence-corrected chi connectivity index (χ0v) is 26.9. The van der Waals surface area contributed by atoms with Gasteiger partial charge in [-0.15, -0.1) is 0 Å². The fraction of sp³-hybridized carbons (Fsp3) is 0.395. The smallest absolute Gasteiger partial charge is 0.349 e. The Morgan fingerprint density at radius 3 is 2.14 bits per heavy atom. The third kappa shape index (κ3) is 7.85. The molecule has 0 aliphatic carbocycles. The van der Waals surface area contributed by atoms with Gasteiger partial charge in [-0.05, 0) is 72.9 Å². The van der Waals surface area contributed by atoms with E-state index in [2.05, 4.69) is 45.9 Å². The minimum absolute atomic E-state index is 0.404. The van der Waals surface area contributed by atoms with Crippen LogP contribution in [0.3, 0.4) is 0 Å². The van der Waals surface area contributed by atoms with Crippen molar-refractivity contribution in [2.75, 3.05) is 0 Å². The monoisotopic (exact) mass is 594 g/mol. The van der Waals surface area contributed by atoms with Gasteiger partial charge in [0.25, 0.3) is 0 Å². The Hall–Kier alpha value is -4.19. The Morgan fingerprint density at radius 2 is 1.52 bits per heavy atom. The van der Waals surface area contributed by atoms with E-state index in [1.54, 1.807) is 0 Å². The van der Waals surface area contributed by atoms with E-state index >= 15 is 0 Å². The molecule has 0 radical (unpaired) electrons. The average Bonchev–Trinajstić information content (AvgIpc) is 3.03. The summed E-state index contributed by atoms with van der Waals surface area (Å²) in [5.41, 5.74) is 7.89. The summed E-state index contributed by atoms with van der Waals surface area (Å²) in [6.45, 7) is 11.0. The number of hydrogen-bond acceptors (Lipinski definition) is 5. The molecule has 0 aliphatic rings. The Balaban J connectivity index is 1.95. The lowest BCUT2D eigenvalue weighted by Gasteiger charge is -2.26. The zero-order chi connectivity index (χ0) is 31.5. The lowest BCUT2D eigenvalue weighted by atomic mass is 9.86. The summed E-state index contributed by atoms with van der Waals surface area (Å²) in [6, 6.07) is 21.5. The summed E-state index contributed by atoms with van der Waals surface area (Å²) in [5, 5.41) is 10.3. The second kappa shape index (κ2) is 16.0. The van der Waals surface area contributed by atoms with Crippen LogP contribution in [-0.2, 0) is 37.1 Å². The van der Waals surface area contributed by atoms with Crippen LogP contribution in [0.5, 0.6) is 11.6 Å². The predicted octanol–water partition coefficient (Wildman–Crippen LogP) is 9.05. The first kappa shape index (κ1) is 32.7. The summed E-state index contributed by atoms with van der Waals surface area (Å²) in [5.74, 6) is 0.970. The maximum atomic E-state index is 12.5. The average molecular weight is 595 g/mol. The van der Waals surface area contributed by atoms with Crippen LogP contribution in [-0.4, -0.2) is 21.0 Å². The Labute approximate surface area is 262 Å². The molecule has 0 aliphatic heterocycles. The SMILES string of the molecule is CCCCc1nc(C)nc(OCc2ccccc2)c1-c1cc(CCC)c(OC(C(=O)O)c2ccccc2)c(CCC)c1CC. The van der Waals surface area contributed by atoms with E-state index in [0.29, 0.717) is 29.6 Å². The van der Waals surface area contributed by atoms with Gasteiger partial charge in [0.05, 0.1) is 11.3 Å². The van der Waals surface area contributed by atoms with E-state index in [-0.39, 0.29) is 0 Å². The van der Waals surface area contributed by atoms with Gasteiger partial charge in [0.1, 0.15) is 18.2 Å². The van der Waals surface area contributed by atoms with Crippen molar-refractivity contribution in [3.8, 4) is 22.8 Å². The van der Waals surface area contributed by atoms with E-state index in [9.17, 15) is 9.90 Å². The molecule has 4 rings (SSSR count). The summed E-state index contributed by atoms with van der Waals surface area (Å²) in [6.07, 6.45) is 5.81. The van der Waals surface area contributed by atoms with Crippen LogP contribution in [0.15, 0.2) is 66.7 Å². The van der Waals surface area contributed by atoms with Gasteiger partial charge in [-0.25, -0.2) is 9.78 Å². The molecular weight excluding hydrogens is 548 g/mol. The van der Waals surface area contributed by atoms with Crippen LogP contribution in [0, 0.1) is 6.92 Å². The Bertz CT molecular complexity index is 1520. The fourth-order valence-electron chi connectivity index (χ4n) is 5.80. The number of rotatable bonds is 16. The van der Waals surface area contributed by atoms with Crippen molar-refractivity contribution in [1.82, 2.24) is 9.97 Å². The minimum atomic E-state index is -1.11. The molecule has 232 valence electrons. The van der Waals surface area contributed by atoms with E-state index in [4.69, 9.17) is 19.4 Å². The molecule has 1 atom stereocenters. The second-order valence-electron chi connectivity index (χ2n) is 11.2. The molecule has 1 heterocycles. The molecule has 1 unspecified atom stereocenters. The second-order valence-corrected chi connectivity index (χ2v) is 11.2. The first-order valence-corrected chi connectivity index (χ1v) is 16.1. The molecular formula is C38H46N2O4. The molecule has 0 saturated heterocycles. The van der Waals surface area contributed by atoms with Crippen molar-refractivity contribution in [2.24, 2.45) is 0 Å². The van der Waals surface area contributed by atoms with Crippen molar-refractivity contribution in [3.05, 3.63) is 106 Å². The third-order valence-corrected chi connectivity index (χ3v) is 7.83. The van der Waals surface area contributed by atoms with E-state index in [1.807, 2.05) is 55.5 Å². The molecule has 6 heteroatoms. The molecule has 4 aromatic rings. The number of carbonyl (C=O) groups is 1. The van der Waals surface area contributed by atoms with Crippen LogP contribution in [0.25, 0.3) is 11.1 Å². The molecule has 0 spiro atoms. The van der Waals surface area contributed by atoms with Crippen molar-refractivity contribution >= 4 is 5.97 Å². The Morgan fingerprint density at radius 1 is 0.841 bits per heavy atom. The Kier molecular flexibility index (Phi) is 11.9. The topological polar surface area (TPSA) is 81.5 Å². The van der Waals surface area contributed by atoms with Gasteiger partial charge in [-0.2, -0.15) is 4.98 Å². The zero-order valence-electron chi connectivity index (χ0n) is 26.9. The van der Waals surface area contributed by atoms with Gasteiger partial charge < -0.3 is 14.6 Å². The maximum Gasteiger partial charge on any atom is 0.349 e. The highest BCUT2D eigenvalue weighted by molar-refractivity contribution is 5.79. The minimum Gasteiger partial charge on any atom is -0.478 e. The van der Waals surface area contributed by atoms with E-state index in [0.717, 1.165) is 90.4 Å². The lowest BCUT2D eigenvalue weighted by Crippen LogP contribution is -2.20. The molecule has 0 bridgehead atoms. The van der Waals surface area contributed by atoms with Gasteiger partial charge in [0.15, 0.2) is 0 Å². The number of benzene rings is 3. The third-order valence-electron chi connectivity index (χ3n) is 7.83. The van der Waals surface area contributed by atoms with Gasteiger partial charge in [-0.3, -0.25) is 0 Å². The van der Waals surface area contributed by atoms with Crippen molar-refractivity contribution in [1.29, 1.82) is 0 Å². The highest BCUT2D eigenvalue weighted by Crippen LogP contribution is 2.43. The van der Waals surface area contributed by atoms with E-state index < -0.39 is 12.1 Å². The normalized spacial score (nSPS) is 11.8. The quantitative estimate of drug-likeness (QED) is 0.139. The number of aliphatic carboxylic acids is 1. The number of carboxylic acid groups (broad SMARTS) is 1. The molecule has 1 N–H and O–H groups in total. The number of ether oxygens (including phenoxy) is 2. The summed E-state index contributed by atoms with van der Waals surface area (Å²) in [4.78, 5) is 22.4. The van der Waals surface area contributed by atoms with Crippen LogP contribution in [0.2, 0.25) is 0 Å². The standard InChI is InChI=1S/C38H46N2O4/c1-6-10-23-33-34(37(40-26(5)39-33)43-25-27-19-13-11-14-20-27)32-24-29(17-7-2)35(31(18-8-3)30(32)9-4)44-36(38(41)42)28-21-15-12-16-22-28/h11-16,19-22,24,36H,6-10,17-18,23,25H2,1-5H3,(H,41,42). The van der Waals surface area contributed by atoms with Crippen LogP contribution >= 0.6 is 0 Å². The first-order chi connectivity index (χ1) is 21.4. The van der Waals surface area contributed by atoms with Crippen molar-refractivity contribution in [2.45, 2.75) is 98.7 Å². The highest BCUT2D eigenvalue weighted by atomic mass is 16.5. The summed E-state index contributed by atoms with van der Waals surface area (Å²) < 4.78 is 13.1. The number of aryl methyl sites for hydroxylation is 3. The molecule has 3 aromatic carbocycles. The van der Waals surface area contributed by atoms with Crippen LogP contribution in [0.1, 0.15) is 98.8 Å². The van der Waals surface area contributed by atoms with Crippen LogP contribution in [0.4, 0.5) is 0 Å². The van der Waals surface area contributed by atoms with Crippen molar-refractivity contribution < 1.29 is 19.4 Å². The van der Waals surface area contributed by atoms with Gasteiger partial charge in [0, 0.05) is 5.56 Å². The molecule has 6 nitrogen and oxygen atoms in total. The molecule has 0 amide bonds. The number of nitrogens with zero attached hydrogens (tertiary/aromatic N) is 2. The van der Waals surface area contributed by atoms with Gasteiger partial charge in [0.2, 0.25) is 12.0 Å². The molecule has 1 aromatic heterocycles. The van der Waals surface area contributed by atoms with E-state index in [1.165, 1.54) is 0 Å². The number of unbranched alkanes of at least 4 members (excludes halogenated alkanes) is 1. The number of carboxylic acids is 1. The molecule has 0 saturated carbocycles. The maximum absolute atomic E-state index is 12.5. The lowest BCUT2D eigenvalue weighted by molar-refractivity contribution is -0.145. The van der Waals surface area contributed by atoms with Gasteiger partial charge >= 0.3 is 5.97 Å². The van der Waals surface area contributed by atoms with Gasteiger partial charge in [-0.1, -0.05) is 108 Å². The summed E-state index contributed by atoms with van der Waals surface area (Å²) >= 11 is 0. The predicted molar refractivity (Wildman–Crippen MR) is 176 cm³/mol. The first-order valence-electron chi connectivity index (χ1n) is 16.1. The summed E-state index contributed by atoms with van der Waals surface area (Å²) in [7, 11) is 0.